The Hall–Kier alpha value is -3.49. The van der Waals surface area contributed by atoms with Gasteiger partial charge in [-0.1, -0.05) is 6.07 Å². The summed E-state index contributed by atoms with van der Waals surface area (Å²) >= 11 is 0. The molecular formula is C24H22F3N5O. The Balaban J connectivity index is 1.53. The molecule has 0 radical (unpaired) electrons. The minimum atomic E-state index is -1.18. The lowest BCUT2D eigenvalue weighted by Crippen LogP contribution is -2.28. The maximum absolute atomic E-state index is 14.2. The minimum Gasteiger partial charge on any atom is -0.310 e. The topological polar surface area (TPSA) is 76.5 Å². The van der Waals surface area contributed by atoms with Crippen molar-refractivity contribution < 1.29 is 13.2 Å². The van der Waals surface area contributed by atoms with Gasteiger partial charge in [0, 0.05) is 18.7 Å². The van der Waals surface area contributed by atoms with Crippen molar-refractivity contribution in [3.8, 4) is 11.1 Å². The van der Waals surface area contributed by atoms with Crippen molar-refractivity contribution in [3.63, 3.8) is 0 Å². The molecule has 1 aliphatic rings. The lowest BCUT2D eigenvalue weighted by Gasteiger charge is -2.31. The van der Waals surface area contributed by atoms with E-state index >= 15 is 0 Å². The lowest BCUT2D eigenvalue weighted by molar-refractivity contribution is 0.103. The van der Waals surface area contributed by atoms with Crippen molar-refractivity contribution in [2.75, 3.05) is 0 Å². The van der Waals surface area contributed by atoms with Crippen molar-refractivity contribution in [3.05, 3.63) is 76.2 Å². The second kappa shape index (κ2) is 8.13. The van der Waals surface area contributed by atoms with Crippen LogP contribution in [0.2, 0.25) is 0 Å². The number of aromatic nitrogens is 5. The van der Waals surface area contributed by atoms with Gasteiger partial charge in [-0.05, 0) is 67.5 Å². The molecule has 3 heterocycles. The number of halogens is 3. The number of rotatable bonds is 4. The fourth-order valence-electron chi connectivity index (χ4n) is 4.52. The van der Waals surface area contributed by atoms with Crippen LogP contribution in [-0.2, 0) is 6.42 Å². The van der Waals surface area contributed by atoms with Crippen LogP contribution in [-0.4, -0.2) is 30.4 Å². The third-order valence-corrected chi connectivity index (χ3v) is 6.32. The van der Waals surface area contributed by atoms with Crippen molar-refractivity contribution in [1.82, 2.24) is 24.7 Å². The summed E-state index contributed by atoms with van der Waals surface area (Å²) < 4.78 is 43.7. The molecule has 0 atom stereocenters. The molecular weight excluding hydrogens is 431 g/mol. The first-order valence-corrected chi connectivity index (χ1v) is 10.8. The molecule has 0 aliphatic heterocycles. The normalized spacial score (nSPS) is 20.9. The smallest absolute Gasteiger partial charge is 0.262 e. The van der Waals surface area contributed by atoms with Gasteiger partial charge in [-0.2, -0.15) is 9.49 Å². The SMILES string of the molecule is CC1(F)CCC(n2ncc3c(=O)[nH]c(Cc4cc(F)ccc4-c4ccnc(F)c4)nc32)CC1. The molecule has 1 fully saturated rings. The first kappa shape index (κ1) is 21.4. The number of benzene rings is 1. The maximum Gasteiger partial charge on any atom is 0.262 e. The Morgan fingerprint density at radius 2 is 1.97 bits per heavy atom. The van der Waals surface area contributed by atoms with Crippen molar-refractivity contribution in [2.24, 2.45) is 0 Å². The summed E-state index contributed by atoms with van der Waals surface area (Å²) in [5.41, 5.74) is 0.593. The molecule has 1 aliphatic carbocycles. The third-order valence-electron chi connectivity index (χ3n) is 6.32. The summed E-state index contributed by atoms with van der Waals surface area (Å²) in [6.07, 6.45) is 5.00. The van der Waals surface area contributed by atoms with E-state index in [-0.39, 0.29) is 18.0 Å². The number of hydrogen-bond donors (Lipinski definition) is 1. The molecule has 0 unspecified atom stereocenters. The second-order valence-electron chi connectivity index (χ2n) is 8.83. The first-order valence-electron chi connectivity index (χ1n) is 10.8. The predicted octanol–water partition coefficient (Wildman–Crippen LogP) is 4.89. The highest BCUT2D eigenvalue weighted by atomic mass is 19.1. The number of pyridine rings is 1. The molecule has 1 saturated carbocycles. The lowest BCUT2D eigenvalue weighted by atomic mass is 9.85. The summed E-state index contributed by atoms with van der Waals surface area (Å²) in [7, 11) is 0. The number of fused-ring (bicyclic) bond motifs is 1. The number of H-pyrrole nitrogens is 1. The van der Waals surface area contributed by atoms with Crippen molar-refractivity contribution in [1.29, 1.82) is 0 Å². The maximum atomic E-state index is 14.2. The van der Waals surface area contributed by atoms with Crippen LogP contribution in [0.4, 0.5) is 13.2 Å². The summed E-state index contributed by atoms with van der Waals surface area (Å²) in [5.74, 6) is -0.758. The fraction of sp³-hybridized carbons (Fsp3) is 0.333. The highest BCUT2D eigenvalue weighted by Gasteiger charge is 2.32. The molecule has 0 spiro atoms. The quantitative estimate of drug-likeness (QED) is 0.446. The standard InChI is InChI=1S/C24H22F3N5O/c1-24(27)7-4-17(5-8-24)32-22-19(13-29-32)23(33)31-21(30-22)12-15-10-16(25)2-3-18(15)14-6-9-28-20(26)11-14/h2-3,6,9-11,13,17H,4-5,7-8,12H2,1H3,(H,30,31,33). The Morgan fingerprint density at radius 1 is 1.18 bits per heavy atom. The predicted molar refractivity (Wildman–Crippen MR) is 118 cm³/mol. The first-order chi connectivity index (χ1) is 15.8. The average Bonchev–Trinajstić information content (AvgIpc) is 3.18. The van der Waals surface area contributed by atoms with E-state index in [1.54, 1.807) is 23.7 Å². The molecule has 170 valence electrons. The van der Waals surface area contributed by atoms with E-state index in [4.69, 9.17) is 0 Å². The number of aromatic amines is 1. The van der Waals surface area contributed by atoms with E-state index in [0.29, 0.717) is 59.2 Å². The van der Waals surface area contributed by atoms with Crippen LogP contribution in [0, 0.1) is 11.8 Å². The van der Waals surface area contributed by atoms with E-state index in [1.165, 1.54) is 30.6 Å². The third kappa shape index (κ3) is 4.27. The van der Waals surface area contributed by atoms with Gasteiger partial charge in [-0.3, -0.25) is 4.79 Å². The van der Waals surface area contributed by atoms with Crippen LogP contribution in [0.25, 0.3) is 22.2 Å². The van der Waals surface area contributed by atoms with Crippen LogP contribution >= 0.6 is 0 Å². The molecule has 3 aromatic heterocycles. The largest absolute Gasteiger partial charge is 0.310 e. The van der Waals surface area contributed by atoms with Gasteiger partial charge in [0.15, 0.2) is 5.65 Å². The Bertz CT molecular complexity index is 1380. The van der Waals surface area contributed by atoms with Gasteiger partial charge in [0.1, 0.15) is 22.7 Å². The summed E-state index contributed by atoms with van der Waals surface area (Å²) in [6, 6.07) is 7.07. The van der Waals surface area contributed by atoms with E-state index in [1.807, 2.05) is 0 Å². The molecule has 0 saturated heterocycles. The average molecular weight is 453 g/mol. The van der Waals surface area contributed by atoms with E-state index in [2.05, 4.69) is 20.1 Å². The molecule has 5 rings (SSSR count). The number of nitrogens with one attached hydrogen (secondary N) is 1. The van der Waals surface area contributed by atoms with Gasteiger partial charge < -0.3 is 4.98 Å². The van der Waals surface area contributed by atoms with Gasteiger partial charge in [0.25, 0.3) is 5.56 Å². The zero-order chi connectivity index (χ0) is 23.2. The van der Waals surface area contributed by atoms with Crippen LogP contribution in [0.1, 0.15) is 50.0 Å². The Kier molecular flexibility index (Phi) is 5.26. The van der Waals surface area contributed by atoms with Crippen molar-refractivity contribution in [2.45, 2.75) is 50.7 Å². The molecule has 1 aromatic carbocycles. The zero-order valence-corrected chi connectivity index (χ0v) is 18.0. The van der Waals surface area contributed by atoms with E-state index in [9.17, 15) is 18.0 Å². The Labute approximate surface area is 187 Å². The Morgan fingerprint density at radius 3 is 2.73 bits per heavy atom. The molecule has 33 heavy (non-hydrogen) atoms. The number of hydrogen-bond acceptors (Lipinski definition) is 4. The number of alkyl halides is 1. The number of nitrogens with zero attached hydrogens (tertiary/aromatic N) is 4. The van der Waals surface area contributed by atoms with Gasteiger partial charge in [0.05, 0.1) is 12.2 Å². The van der Waals surface area contributed by atoms with E-state index < -0.39 is 17.4 Å². The summed E-state index contributed by atoms with van der Waals surface area (Å²) in [6.45, 7) is 1.61. The highest BCUT2D eigenvalue weighted by molar-refractivity contribution is 5.73. The van der Waals surface area contributed by atoms with Crippen molar-refractivity contribution >= 4 is 11.0 Å². The van der Waals surface area contributed by atoms with Gasteiger partial charge >= 0.3 is 0 Å². The molecule has 9 heteroatoms. The molecule has 0 bridgehead atoms. The monoisotopic (exact) mass is 453 g/mol. The van der Waals surface area contributed by atoms with E-state index in [0.717, 1.165) is 0 Å². The van der Waals surface area contributed by atoms with Gasteiger partial charge in [-0.15, -0.1) is 0 Å². The second-order valence-corrected chi connectivity index (χ2v) is 8.83. The summed E-state index contributed by atoms with van der Waals surface area (Å²) in [5, 5.41) is 4.72. The zero-order valence-electron chi connectivity index (χ0n) is 18.0. The van der Waals surface area contributed by atoms with Crippen LogP contribution in [0.15, 0.2) is 47.5 Å². The fourth-order valence-corrected chi connectivity index (χ4v) is 4.52. The van der Waals surface area contributed by atoms with Crippen LogP contribution < -0.4 is 5.56 Å². The van der Waals surface area contributed by atoms with Gasteiger partial charge in [0.2, 0.25) is 5.95 Å². The summed E-state index contributed by atoms with van der Waals surface area (Å²) in [4.78, 5) is 23.7. The van der Waals surface area contributed by atoms with Crippen LogP contribution in [0.3, 0.4) is 0 Å². The highest BCUT2D eigenvalue weighted by Crippen LogP contribution is 2.37. The molecule has 4 aromatic rings. The minimum absolute atomic E-state index is 0.0435. The van der Waals surface area contributed by atoms with Crippen LogP contribution in [0.5, 0.6) is 0 Å². The molecule has 0 amide bonds. The molecule has 1 N–H and O–H groups in total. The van der Waals surface area contributed by atoms with Gasteiger partial charge in [-0.25, -0.2) is 23.4 Å². The molecule has 6 nitrogen and oxygen atoms in total.